The molecule has 1 saturated carbocycles. The van der Waals surface area contributed by atoms with Gasteiger partial charge in [0.25, 0.3) is 0 Å². The number of carbonyl (C=O) groups is 1. The summed E-state index contributed by atoms with van der Waals surface area (Å²) in [4.78, 5) is 26.8. The Morgan fingerprint density at radius 3 is 2.58 bits per heavy atom. The van der Waals surface area contributed by atoms with Crippen LogP contribution in [0.3, 0.4) is 0 Å². The highest BCUT2D eigenvalue weighted by Crippen LogP contribution is 2.44. The maximum Gasteiger partial charge on any atom is 0.798 e. The van der Waals surface area contributed by atoms with Crippen LogP contribution < -0.4 is 20.8 Å². The molecule has 2 aliphatic rings. The van der Waals surface area contributed by atoms with Crippen molar-refractivity contribution >= 4 is 30.0 Å². The lowest BCUT2D eigenvalue weighted by Gasteiger charge is -2.25. The van der Waals surface area contributed by atoms with Crippen LogP contribution in [0.15, 0.2) is 17.1 Å². The van der Waals surface area contributed by atoms with Crippen LogP contribution in [0, 0.1) is 11.7 Å². The zero-order chi connectivity index (χ0) is 22.4. The molecule has 4 rings (SSSR count). The molecule has 11 heteroatoms. The van der Waals surface area contributed by atoms with E-state index in [4.69, 9.17) is 10.5 Å². The molecule has 0 spiro atoms. The van der Waals surface area contributed by atoms with Gasteiger partial charge in [-0.1, -0.05) is 0 Å². The van der Waals surface area contributed by atoms with E-state index < -0.39 is 30.2 Å². The van der Waals surface area contributed by atoms with Gasteiger partial charge in [-0.05, 0) is 38.2 Å². The van der Waals surface area contributed by atoms with Crippen molar-refractivity contribution in [1.82, 2.24) is 4.57 Å². The quantitative estimate of drug-likeness (QED) is 0.700. The molecule has 1 aromatic heterocycles. The molecule has 2 fully saturated rings. The van der Waals surface area contributed by atoms with E-state index >= 15 is 4.39 Å². The highest BCUT2D eigenvalue weighted by molar-refractivity contribution is 6.38. The van der Waals surface area contributed by atoms with Crippen molar-refractivity contribution in [1.29, 1.82) is 0 Å². The first-order chi connectivity index (χ1) is 14.7. The van der Waals surface area contributed by atoms with Crippen LogP contribution in [0.25, 0.3) is 10.9 Å². The van der Waals surface area contributed by atoms with Gasteiger partial charge in [-0.15, -0.1) is 0 Å². The number of carbonyl (C=O) groups excluding carboxylic acids is 1. The van der Waals surface area contributed by atoms with Crippen LogP contribution in [0.1, 0.15) is 42.6 Å². The summed E-state index contributed by atoms with van der Waals surface area (Å²) in [5.74, 6) is -1.76. The number of pyridine rings is 1. The van der Waals surface area contributed by atoms with Crippen LogP contribution in [0.5, 0.6) is 5.75 Å². The van der Waals surface area contributed by atoms with Crippen molar-refractivity contribution in [2.24, 2.45) is 11.7 Å². The summed E-state index contributed by atoms with van der Waals surface area (Å²) < 4.78 is 51.5. The van der Waals surface area contributed by atoms with Crippen molar-refractivity contribution in [3.05, 3.63) is 33.9 Å². The zero-order valence-electron chi connectivity index (χ0n) is 17.2. The molecule has 2 atom stereocenters. The summed E-state index contributed by atoms with van der Waals surface area (Å²) in [6.45, 7) is 3.03. The largest absolute Gasteiger partial charge is 0.798 e. The van der Waals surface area contributed by atoms with Gasteiger partial charge in [0.05, 0.1) is 18.0 Å². The van der Waals surface area contributed by atoms with E-state index in [1.54, 1.807) is 4.57 Å². The van der Waals surface area contributed by atoms with Gasteiger partial charge in [0.2, 0.25) is 5.43 Å². The van der Waals surface area contributed by atoms with E-state index in [1.807, 2.05) is 11.8 Å². The summed E-state index contributed by atoms with van der Waals surface area (Å²) >= 11 is 0. The van der Waals surface area contributed by atoms with Crippen LogP contribution >= 0.6 is 0 Å². The average molecular weight is 437 g/mol. The zero-order valence-corrected chi connectivity index (χ0v) is 17.2. The maximum absolute atomic E-state index is 15.3. The second-order valence-corrected chi connectivity index (χ2v) is 8.17. The number of hydrogen-bond donors (Lipinski definition) is 1. The minimum atomic E-state index is -3.36. The van der Waals surface area contributed by atoms with Crippen molar-refractivity contribution in [2.75, 3.05) is 25.1 Å². The van der Waals surface area contributed by atoms with Crippen LogP contribution in [0.2, 0.25) is 0 Å². The van der Waals surface area contributed by atoms with Gasteiger partial charge in [0, 0.05) is 31.4 Å². The number of fused-ring (bicyclic) bond motifs is 1. The van der Waals surface area contributed by atoms with E-state index in [-0.39, 0.29) is 34.8 Å². The molecule has 166 valence electrons. The molecule has 1 aliphatic carbocycles. The third-order valence-electron chi connectivity index (χ3n) is 6.04. The van der Waals surface area contributed by atoms with Crippen LogP contribution in [0.4, 0.5) is 18.7 Å². The average Bonchev–Trinajstić information content (AvgIpc) is 3.43. The number of anilines is 1. The number of ether oxygens (including phenoxy) is 1. The molecular weight excluding hydrogens is 414 g/mol. The molecule has 2 N–H and O–H groups in total. The number of hydrogen-bond acceptors (Lipinski definition) is 6. The molecule has 0 unspecified atom stereocenters. The Balaban J connectivity index is 1.92. The molecule has 0 bridgehead atoms. The minimum Gasteiger partial charge on any atom is -0.492 e. The number of nitrogens with zero attached hydrogens (tertiary/aromatic N) is 2. The molecule has 0 amide bonds. The number of rotatable bonds is 6. The third kappa shape index (κ3) is 3.86. The van der Waals surface area contributed by atoms with E-state index in [0.29, 0.717) is 18.6 Å². The number of methoxy groups -OCH3 is 1. The Bertz CT molecular complexity index is 1090. The SMILES string of the molecule is COc1c(N2CC[C@@H]([C@H](C)N)C2)c(F)cc2c(=O)c(C(=O)OB(F)F)cn(C3CC3)c12. The molecule has 0 radical (unpaired) electrons. The minimum absolute atomic E-state index is 0.0486. The van der Waals surface area contributed by atoms with Gasteiger partial charge in [-0.25, -0.2) is 17.8 Å². The topological polar surface area (TPSA) is 86.8 Å². The van der Waals surface area contributed by atoms with Gasteiger partial charge in [0.15, 0.2) is 11.6 Å². The van der Waals surface area contributed by atoms with Gasteiger partial charge in [-0.3, -0.25) is 4.79 Å². The van der Waals surface area contributed by atoms with E-state index in [9.17, 15) is 18.2 Å². The Morgan fingerprint density at radius 1 is 1.32 bits per heavy atom. The normalized spacial score (nSPS) is 19.5. The van der Waals surface area contributed by atoms with Gasteiger partial charge in [-0.2, -0.15) is 0 Å². The first kappa shape index (κ1) is 21.5. The highest BCUT2D eigenvalue weighted by atomic mass is 19.2. The predicted octanol–water partition coefficient (Wildman–Crippen LogP) is 2.74. The monoisotopic (exact) mass is 437 g/mol. The van der Waals surface area contributed by atoms with Gasteiger partial charge < -0.3 is 24.6 Å². The van der Waals surface area contributed by atoms with Crippen molar-refractivity contribution < 1.29 is 27.2 Å². The first-order valence-electron chi connectivity index (χ1n) is 10.2. The van der Waals surface area contributed by atoms with Crippen LogP contribution in [-0.2, 0) is 4.65 Å². The molecule has 1 saturated heterocycles. The maximum atomic E-state index is 15.3. The standard InChI is InChI=1S/C20H23BF3N3O4/c1-10(25)11-5-6-26(8-11)17-15(22)7-13-16(19(17)30-2)27(12-3-4-12)9-14(18(13)28)20(29)31-21(23)24/h7,9-12H,3-6,8,25H2,1-2H3/t10-,11+/m0/s1. The van der Waals surface area contributed by atoms with Crippen LogP contribution in [-0.4, -0.2) is 44.2 Å². The molecule has 1 aliphatic heterocycles. The van der Waals surface area contributed by atoms with Crippen molar-refractivity contribution in [3.8, 4) is 5.75 Å². The number of nitrogens with two attached hydrogens (primary N) is 1. The smallest absolute Gasteiger partial charge is 0.492 e. The Kier molecular flexibility index (Phi) is 5.63. The van der Waals surface area contributed by atoms with E-state index in [1.165, 1.54) is 13.3 Å². The summed E-state index contributed by atoms with van der Waals surface area (Å²) in [6.07, 6.45) is 3.55. The first-order valence-corrected chi connectivity index (χ1v) is 10.2. The highest BCUT2D eigenvalue weighted by Gasteiger charge is 2.34. The second-order valence-electron chi connectivity index (χ2n) is 8.17. The summed E-state index contributed by atoms with van der Waals surface area (Å²) in [5.41, 5.74) is 5.14. The molecule has 31 heavy (non-hydrogen) atoms. The molecular formula is C20H23BF3N3O4. The summed E-state index contributed by atoms with van der Waals surface area (Å²) in [5, 5.41) is -0.114. The molecule has 7 nitrogen and oxygen atoms in total. The molecule has 2 aromatic rings. The third-order valence-corrected chi connectivity index (χ3v) is 6.04. The molecule has 2 heterocycles. The van der Waals surface area contributed by atoms with Crippen molar-refractivity contribution in [3.63, 3.8) is 0 Å². The lowest BCUT2D eigenvalue weighted by molar-refractivity contribution is 0.0693. The Morgan fingerprint density at radius 2 is 2.03 bits per heavy atom. The summed E-state index contributed by atoms with van der Waals surface area (Å²) in [6, 6.07) is 0.948. The number of aromatic nitrogens is 1. The van der Waals surface area contributed by atoms with E-state index in [0.717, 1.165) is 25.3 Å². The molecule has 1 aromatic carbocycles. The predicted molar refractivity (Wildman–Crippen MR) is 110 cm³/mol. The Hall–Kier alpha value is -2.69. The van der Waals surface area contributed by atoms with Gasteiger partial charge in [0.1, 0.15) is 11.3 Å². The van der Waals surface area contributed by atoms with Gasteiger partial charge >= 0.3 is 13.4 Å². The number of halogens is 3. The Labute approximate surface area is 177 Å². The summed E-state index contributed by atoms with van der Waals surface area (Å²) in [7, 11) is -1.98. The van der Waals surface area contributed by atoms with Crippen molar-refractivity contribution in [2.45, 2.75) is 38.3 Å². The van der Waals surface area contributed by atoms with E-state index in [2.05, 4.69) is 4.65 Å². The fourth-order valence-electron chi connectivity index (χ4n) is 4.28. The lowest BCUT2D eigenvalue weighted by Crippen LogP contribution is -2.30. The fourth-order valence-corrected chi connectivity index (χ4v) is 4.28. The lowest BCUT2D eigenvalue weighted by atomic mass is 10.0. The second kappa shape index (κ2) is 8.10. The fraction of sp³-hybridized carbons (Fsp3) is 0.500. The number of benzene rings is 1.